The smallest absolute Gasteiger partial charge is 0.310 e. The lowest BCUT2D eigenvalue weighted by molar-refractivity contribution is -0.154. The molecule has 158 valence electrons. The van der Waals surface area contributed by atoms with Gasteiger partial charge in [-0.2, -0.15) is 5.26 Å². The van der Waals surface area contributed by atoms with Gasteiger partial charge in [0, 0.05) is 5.92 Å². The minimum atomic E-state index is -0.809. The van der Waals surface area contributed by atoms with E-state index >= 15 is 0 Å². The number of carbonyl (C=O) groups is 2. The van der Waals surface area contributed by atoms with Crippen molar-refractivity contribution in [1.29, 1.82) is 5.26 Å². The lowest BCUT2D eigenvalue weighted by Gasteiger charge is -2.31. The summed E-state index contributed by atoms with van der Waals surface area (Å²) in [7, 11) is 0. The summed E-state index contributed by atoms with van der Waals surface area (Å²) in [5, 5.41) is 13.3. The topological polar surface area (TPSA) is 92.1 Å². The van der Waals surface area contributed by atoms with Crippen LogP contribution in [0.1, 0.15) is 68.7 Å². The number of thiazole rings is 1. The molecule has 2 aliphatic carbocycles. The van der Waals surface area contributed by atoms with E-state index < -0.39 is 5.54 Å². The molecule has 1 aromatic carbocycles. The molecule has 2 atom stereocenters. The highest BCUT2D eigenvalue weighted by Crippen LogP contribution is 2.41. The Labute approximate surface area is 180 Å². The molecule has 0 spiro atoms. The largest absolute Gasteiger partial charge is 0.455 e. The van der Waals surface area contributed by atoms with Gasteiger partial charge >= 0.3 is 5.97 Å². The highest BCUT2D eigenvalue weighted by atomic mass is 32.1. The maximum absolute atomic E-state index is 12.9. The molecule has 1 N–H and O–H groups in total. The highest BCUT2D eigenvalue weighted by Gasteiger charge is 2.37. The number of esters is 1. The fourth-order valence-electron chi connectivity index (χ4n) is 4.72. The summed E-state index contributed by atoms with van der Waals surface area (Å²) >= 11 is 1.64. The zero-order valence-corrected chi connectivity index (χ0v) is 17.9. The van der Waals surface area contributed by atoms with Crippen molar-refractivity contribution in [3.63, 3.8) is 0 Å². The van der Waals surface area contributed by atoms with Crippen LogP contribution in [0.2, 0.25) is 0 Å². The molecular weight excluding hydrogens is 398 g/mol. The third kappa shape index (κ3) is 4.49. The summed E-state index contributed by atoms with van der Waals surface area (Å²) in [5.41, 5.74) is 0.152. The molecule has 0 saturated heterocycles. The van der Waals surface area contributed by atoms with Crippen LogP contribution >= 0.6 is 11.3 Å². The molecule has 2 aromatic rings. The molecule has 4 rings (SSSR count). The zero-order chi connectivity index (χ0) is 21.0. The Hall–Kier alpha value is -2.46. The first kappa shape index (κ1) is 20.8. The molecule has 30 heavy (non-hydrogen) atoms. The van der Waals surface area contributed by atoms with E-state index in [0.29, 0.717) is 12.8 Å². The fourth-order valence-corrected chi connectivity index (χ4v) is 5.89. The number of rotatable bonds is 5. The summed E-state index contributed by atoms with van der Waals surface area (Å²) in [6.07, 6.45) is 7.96. The Morgan fingerprint density at radius 1 is 1.17 bits per heavy atom. The van der Waals surface area contributed by atoms with Gasteiger partial charge in [-0.25, -0.2) is 4.98 Å². The number of hydrogen-bond acceptors (Lipinski definition) is 6. The number of aromatic nitrogens is 1. The van der Waals surface area contributed by atoms with E-state index in [-0.39, 0.29) is 30.3 Å². The molecule has 0 unspecified atom stereocenters. The first-order chi connectivity index (χ1) is 14.6. The lowest BCUT2D eigenvalue weighted by atomic mass is 9.79. The zero-order valence-electron chi connectivity index (χ0n) is 17.1. The maximum atomic E-state index is 12.9. The van der Waals surface area contributed by atoms with E-state index in [1.807, 2.05) is 24.3 Å². The molecule has 1 amide bonds. The molecule has 7 heteroatoms. The van der Waals surface area contributed by atoms with Gasteiger partial charge in [-0.15, -0.1) is 11.3 Å². The van der Waals surface area contributed by atoms with Gasteiger partial charge in [-0.05, 0) is 37.8 Å². The first-order valence-electron chi connectivity index (χ1n) is 10.8. The van der Waals surface area contributed by atoms with E-state index in [1.54, 1.807) is 11.3 Å². The Morgan fingerprint density at radius 2 is 1.93 bits per heavy atom. The molecule has 0 aliphatic heterocycles. The third-order valence-electron chi connectivity index (χ3n) is 6.34. The Kier molecular flexibility index (Phi) is 6.33. The summed E-state index contributed by atoms with van der Waals surface area (Å²) in [4.78, 5) is 30.0. The number of nitriles is 1. The average Bonchev–Trinajstić information content (AvgIpc) is 3.22. The predicted octanol–water partition coefficient (Wildman–Crippen LogP) is 4.46. The Balaban J connectivity index is 1.38. The van der Waals surface area contributed by atoms with Gasteiger partial charge in [-0.3, -0.25) is 9.59 Å². The van der Waals surface area contributed by atoms with Gasteiger partial charge in [0.05, 0.1) is 27.2 Å². The van der Waals surface area contributed by atoms with Crippen molar-refractivity contribution in [2.45, 2.75) is 69.2 Å². The standard InChI is InChI=1S/C23H27N3O3S/c24-15-23(12-6-1-7-13-23)26-20(27)14-29-22(28)17-9-3-2-8-16(17)21-25-18-10-4-5-11-19(18)30-21/h4-5,10-11,16-17H,1-3,6-9,12-14H2,(H,26,27)/t16-,17+/m0/s1. The van der Waals surface area contributed by atoms with Crippen LogP contribution in [0.3, 0.4) is 0 Å². The number of fused-ring (bicyclic) bond motifs is 1. The Bertz CT molecular complexity index is 925. The van der Waals surface area contributed by atoms with Gasteiger partial charge in [0.15, 0.2) is 6.61 Å². The lowest BCUT2D eigenvalue weighted by Crippen LogP contribution is -2.50. The summed E-state index contributed by atoms with van der Waals surface area (Å²) < 4.78 is 6.54. The SMILES string of the molecule is N#CC1(NC(=O)COC(=O)[C@@H]2CCCC[C@@H]2c2nc3ccccc3s2)CCCCC1. The van der Waals surface area contributed by atoms with Gasteiger partial charge in [-0.1, -0.05) is 44.2 Å². The van der Waals surface area contributed by atoms with Gasteiger partial charge in [0.25, 0.3) is 5.91 Å². The molecule has 0 bridgehead atoms. The van der Waals surface area contributed by atoms with Crippen LogP contribution in [0.15, 0.2) is 24.3 Å². The minimum Gasteiger partial charge on any atom is -0.455 e. The number of nitrogens with zero attached hydrogens (tertiary/aromatic N) is 2. The normalized spacial score (nSPS) is 23.4. The third-order valence-corrected chi connectivity index (χ3v) is 7.51. The predicted molar refractivity (Wildman–Crippen MR) is 115 cm³/mol. The molecule has 2 saturated carbocycles. The monoisotopic (exact) mass is 425 g/mol. The van der Waals surface area contributed by atoms with Crippen LogP contribution in [0, 0.1) is 17.2 Å². The summed E-state index contributed by atoms with van der Waals surface area (Å²) in [6, 6.07) is 10.3. The molecule has 2 fully saturated rings. The Morgan fingerprint density at radius 3 is 2.70 bits per heavy atom. The van der Waals surface area contributed by atoms with Crippen molar-refractivity contribution in [3.05, 3.63) is 29.3 Å². The van der Waals surface area contributed by atoms with Crippen molar-refractivity contribution in [3.8, 4) is 6.07 Å². The van der Waals surface area contributed by atoms with Crippen molar-refractivity contribution in [1.82, 2.24) is 10.3 Å². The second-order valence-corrected chi connectivity index (χ2v) is 9.49. The van der Waals surface area contributed by atoms with Crippen molar-refractivity contribution < 1.29 is 14.3 Å². The number of carbonyl (C=O) groups excluding carboxylic acids is 2. The molecule has 1 heterocycles. The number of ether oxygens (including phenoxy) is 1. The molecular formula is C23H27N3O3S. The van der Waals surface area contributed by atoms with Gasteiger partial charge in [0.2, 0.25) is 0 Å². The molecule has 6 nitrogen and oxygen atoms in total. The quantitative estimate of drug-likeness (QED) is 0.714. The van der Waals surface area contributed by atoms with Gasteiger partial charge < -0.3 is 10.1 Å². The second-order valence-electron chi connectivity index (χ2n) is 8.43. The molecule has 2 aliphatic rings. The van der Waals surface area contributed by atoms with E-state index in [0.717, 1.165) is 60.2 Å². The summed E-state index contributed by atoms with van der Waals surface area (Å²) in [6.45, 7) is -0.328. The maximum Gasteiger partial charge on any atom is 0.310 e. The highest BCUT2D eigenvalue weighted by molar-refractivity contribution is 7.18. The van der Waals surface area contributed by atoms with E-state index in [1.165, 1.54) is 0 Å². The molecule has 0 radical (unpaired) electrons. The van der Waals surface area contributed by atoms with Crippen molar-refractivity contribution in [2.75, 3.05) is 6.61 Å². The number of hydrogen-bond donors (Lipinski definition) is 1. The number of benzene rings is 1. The van der Waals surface area contributed by atoms with Crippen LogP contribution in [-0.2, 0) is 14.3 Å². The van der Waals surface area contributed by atoms with Crippen LogP contribution in [0.4, 0.5) is 0 Å². The van der Waals surface area contributed by atoms with Crippen LogP contribution in [0.25, 0.3) is 10.2 Å². The van der Waals surface area contributed by atoms with Crippen LogP contribution < -0.4 is 5.32 Å². The second kappa shape index (κ2) is 9.13. The minimum absolute atomic E-state index is 0.0375. The van der Waals surface area contributed by atoms with E-state index in [9.17, 15) is 14.9 Å². The average molecular weight is 426 g/mol. The van der Waals surface area contributed by atoms with Crippen molar-refractivity contribution in [2.24, 2.45) is 5.92 Å². The van der Waals surface area contributed by atoms with Crippen LogP contribution in [-0.4, -0.2) is 29.0 Å². The number of amides is 1. The van der Waals surface area contributed by atoms with E-state index in [4.69, 9.17) is 9.72 Å². The first-order valence-corrected chi connectivity index (χ1v) is 11.7. The summed E-state index contributed by atoms with van der Waals surface area (Å²) in [5.74, 6) is -0.954. The van der Waals surface area contributed by atoms with Gasteiger partial charge in [0.1, 0.15) is 5.54 Å². The number of nitrogens with one attached hydrogen (secondary N) is 1. The van der Waals surface area contributed by atoms with E-state index in [2.05, 4.69) is 11.4 Å². The van der Waals surface area contributed by atoms with Crippen molar-refractivity contribution >= 4 is 33.4 Å². The fraction of sp³-hybridized carbons (Fsp3) is 0.565. The van der Waals surface area contributed by atoms with Crippen LogP contribution in [0.5, 0.6) is 0 Å². The number of para-hydroxylation sites is 1. The molecule has 1 aromatic heterocycles.